The highest BCUT2D eigenvalue weighted by Crippen LogP contribution is 2.38. The van der Waals surface area contributed by atoms with E-state index >= 15 is 0 Å². The third-order valence-electron chi connectivity index (χ3n) is 3.46. The number of nitrogens with two attached hydrogens (primary N) is 1. The number of carbonyl (C=O) groups excluding carboxylic acids is 2. The third kappa shape index (κ3) is 5.65. The average Bonchev–Trinajstić information content (AvgIpc) is 2.57. The lowest BCUT2D eigenvalue weighted by molar-refractivity contribution is -0.0244. The van der Waals surface area contributed by atoms with Crippen LogP contribution in [0.25, 0.3) is 0 Å². The molecule has 1 heterocycles. The smallest absolute Gasteiger partial charge is 0.427 e. The van der Waals surface area contributed by atoms with Gasteiger partial charge in [-0.05, 0) is 48.5 Å². The first-order valence-electron chi connectivity index (χ1n) is 8.12. The van der Waals surface area contributed by atoms with Crippen LogP contribution < -0.4 is 5.14 Å². The molecule has 9 nitrogen and oxygen atoms in total. The molecule has 0 radical (unpaired) electrons. The molecule has 0 aromatic rings. The summed E-state index contributed by atoms with van der Waals surface area (Å²) in [6, 6.07) is 0. The van der Waals surface area contributed by atoms with Gasteiger partial charge in [0.05, 0.1) is 0 Å². The molecule has 2 amide bonds. The van der Waals surface area contributed by atoms with Gasteiger partial charge in [-0.2, -0.15) is 25.4 Å². The van der Waals surface area contributed by atoms with Crippen LogP contribution in [0.3, 0.4) is 0 Å². The monoisotopic (exact) mass is 411 g/mol. The topological polar surface area (TPSA) is 119 Å². The van der Waals surface area contributed by atoms with Crippen molar-refractivity contribution < 1.29 is 27.5 Å². The highest BCUT2D eigenvalue weighted by Gasteiger charge is 2.55. The van der Waals surface area contributed by atoms with Crippen molar-refractivity contribution >= 4 is 35.0 Å². The summed E-state index contributed by atoms with van der Waals surface area (Å²) in [5.41, 5.74) is -3.36. The number of hydrogen-bond donors (Lipinski definition) is 2. The highest BCUT2D eigenvalue weighted by atomic mass is 32.2. The van der Waals surface area contributed by atoms with Crippen molar-refractivity contribution in [1.29, 1.82) is 0 Å². The Hall–Kier alpha value is -1.20. The molecule has 152 valence electrons. The molecule has 1 fully saturated rings. The SMILES string of the molecule is CC(C)(C)OC(=O)N1C[C@@H](S)C[C@]1(C)N(C(=O)OC(C)(C)C)S(N)(=O)=O. The van der Waals surface area contributed by atoms with E-state index in [-0.39, 0.29) is 18.2 Å². The molecule has 0 unspecified atom stereocenters. The van der Waals surface area contributed by atoms with Gasteiger partial charge in [-0.25, -0.2) is 14.7 Å². The van der Waals surface area contributed by atoms with E-state index in [2.05, 4.69) is 12.6 Å². The lowest BCUT2D eigenvalue weighted by Crippen LogP contribution is -2.63. The molecule has 11 heteroatoms. The second-order valence-electron chi connectivity index (χ2n) is 8.46. The van der Waals surface area contributed by atoms with Gasteiger partial charge in [0.1, 0.15) is 16.9 Å². The van der Waals surface area contributed by atoms with Gasteiger partial charge in [0.15, 0.2) is 0 Å². The molecule has 2 N–H and O–H groups in total. The number of amides is 2. The van der Waals surface area contributed by atoms with Gasteiger partial charge in [0.2, 0.25) is 0 Å². The Kier molecular flexibility index (Phi) is 6.22. The molecular formula is C15H29N3O6S2. The molecular weight excluding hydrogens is 382 g/mol. The molecule has 26 heavy (non-hydrogen) atoms. The minimum absolute atomic E-state index is 0.0744. The summed E-state index contributed by atoms with van der Waals surface area (Å²) in [5.74, 6) is 0. The van der Waals surface area contributed by atoms with Crippen LogP contribution in [0.15, 0.2) is 0 Å². The van der Waals surface area contributed by atoms with Crippen LogP contribution in [0, 0.1) is 0 Å². The number of hydrogen-bond acceptors (Lipinski definition) is 7. The van der Waals surface area contributed by atoms with Crippen molar-refractivity contribution in [1.82, 2.24) is 9.21 Å². The van der Waals surface area contributed by atoms with Crippen LogP contribution in [-0.2, 0) is 19.7 Å². The number of thiol groups is 1. The molecule has 0 saturated carbocycles. The Morgan fingerprint density at radius 2 is 1.62 bits per heavy atom. The fourth-order valence-electron chi connectivity index (χ4n) is 2.69. The number of likely N-dealkylation sites (tertiary alicyclic amines) is 1. The molecule has 1 aliphatic heterocycles. The van der Waals surface area contributed by atoms with Gasteiger partial charge in [-0.3, -0.25) is 4.90 Å². The maximum atomic E-state index is 12.6. The molecule has 1 rings (SSSR count). The first-order valence-corrected chi connectivity index (χ1v) is 10.1. The predicted molar refractivity (Wildman–Crippen MR) is 99.9 cm³/mol. The molecule has 1 saturated heterocycles. The highest BCUT2D eigenvalue weighted by molar-refractivity contribution is 7.87. The molecule has 0 bridgehead atoms. The zero-order chi connectivity index (χ0) is 20.7. The van der Waals surface area contributed by atoms with Crippen molar-refractivity contribution in [3.8, 4) is 0 Å². The van der Waals surface area contributed by atoms with E-state index < -0.39 is 39.3 Å². The first kappa shape index (κ1) is 22.8. The quantitative estimate of drug-likeness (QED) is 0.672. The summed E-state index contributed by atoms with van der Waals surface area (Å²) < 4.78 is 35.4. The van der Waals surface area contributed by atoms with Gasteiger partial charge in [0.25, 0.3) is 0 Å². The van der Waals surface area contributed by atoms with Gasteiger partial charge >= 0.3 is 22.4 Å². The summed E-state index contributed by atoms with van der Waals surface area (Å²) in [7, 11) is -4.54. The van der Waals surface area contributed by atoms with Gasteiger partial charge in [0, 0.05) is 18.2 Å². The molecule has 0 aromatic heterocycles. The Labute approximate surface area is 160 Å². The van der Waals surface area contributed by atoms with Crippen LogP contribution in [0.5, 0.6) is 0 Å². The zero-order valence-corrected chi connectivity index (χ0v) is 18.0. The van der Waals surface area contributed by atoms with E-state index in [1.165, 1.54) is 6.92 Å². The second kappa shape index (κ2) is 7.08. The summed E-state index contributed by atoms with van der Waals surface area (Å²) in [5, 5.41) is 4.92. The minimum atomic E-state index is -4.54. The van der Waals surface area contributed by atoms with Gasteiger partial charge in [-0.1, -0.05) is 0 Å². The maximum absolute atomic E-state index is 12.6. The molecule has 0 aliphatic carbocycles. The Balaban J connectivity index is 3.36. The van der Waals surface area contributed by atoms with Crippen LogP contribution in [0.1, 0.15) is 54.9 Å². The Bertz CT molecular complexity index is 668. The zero-order valence-electron chi connectivity index (χ0n) is 16.3. The van der Waals surface area contributed by atoms with E-state index in [4.69, 9.17) is 14.6 Å². The Morgan fingerprint density at radius 3 is 2.00 bits per heavy atom. The summed E-state index contributed by atoms with van der Waals surface area (Å²) >= 11 is 4.35. The molecule has 0 spiro atoms. The van der Waals surface area contributed by atoms with Crippen molar-refractivity contribution in [2.24, 2.45) is 5.14 Å². The van der Waals surface area contributed by atoms with Crippen molar-refractivity contribution in [3.05, 3.63) is 0 Å². The van der Waals surface area contributed by atoms with Gasteiger partial charge in [-0.15, -0.1) is 0 Å². The molecule has 1 aliphatic rings. The normalized spacial score (nSPS) is 24.3. The van der Waals surface area contributed by atoms with E-state index in [1.807, 2.05) is 0 Å². The predicted octanol–water partition coefficient (Wildman–Crippen LogP) is 2.08. The summed E-state index contributed by atoms with van der Waals surface area (Å²) in [6.45, 7) is 11.3. The average molecular weight is 412 g/mol. The lowest BCUT2D eigenvalue weighted by Gasteiger charge is -2.42. The standard InChI is InChI=1S/C15H29N3O6S2/c1-13(2,3)23-11(19)17-9-10(25)8-15(17,7)18(26(16,21)22)12(20)24-14(4,5)6/h10,25H,8-9H2,1-7H3,(H2,16,21,22)/t10-,15-/m0/s1. The molecule has 0 aromatic carbocycles. The van der Waals surface area contributed by atoms with Crippen molar-refractivity contribution in [3.63, 3.8) is 0 Å². The van der Waals surface area contributed by atoms with E-state index in [1.54, 1.807) is 41.5 Å². The molecule has 2 atom stereocenters. The number of rotatable bonds is 2. The van der Waals surface area contributed by atoms with E-state index in [9.17, 15) is 18.0 Å². The number of carbonyl (C=O) groups is 2. The second-order valence-corrected chi connectivity index (χ2v) is 10.6. The van der Waals surface area contributed by atoms with Gasteiger partial charge < -0.3 is 9.47 Å². The maximum Gasteiger partial charge on any atom is 0.427 e. The van der Waals surface area contributed by atoms with Crippen molar-refractivity contribution in [2.75, 3.05) is 6.54 Å². The van der Waals surface area contributed by atoms with Crippen LogP contribution >= 0.6 is 12.6 Å². The summed E-state index contributed by atoms with van der Waals surface area (Å²) in [6.07, 6.45) is -1.86. The minimum Gasteiger partial charge on any atom is -0.444 e. The van der Waals surface area contributed by atoms with Crippen LogP contribution in [-0.4, -0.2) is 58.5 Å². The first-order chi connectivity index (χ1) is 11.4. The largest absolute Gasteiger partial charge is 0.444 e. The number of nitrogens with zero attached hydrogens (tertiary/aromatic N) is 2. The van der Waals surface area contributed by atoms with Crippen molar-refractivity contribution in [2.45, 2.75) is 77.0 Å². The van der Waals surface area contributed by atoms with E-state index in [0.717, 1.165) is 4.90 Å². The van der Waals surface area contributed by atoms with Crippen LogP contribution in [0.4, 0.5) is 9.59 Å². The van der Waals surface area contributed by atoms with Crippen LogP contribution in [0.2, 0.25) is 0 Å². The van der Waals surface area contributed by atoms with E-state index in [0.29, 0.717) is 4.31 Å². The Morgan fingerprint density at radius 1 is 1.15 bits per heavy atom. The number of ether oxygens (including phenoxy) is 2. The third-order valence-corrected chi connectivity index (χ3v) is 4.86. The summed E-state index contributed by atoms with van der Waals surface area (Å²) in [4.78, 5) is 26.4. The fourth-order valence-corrected chi connectivity index (χ4v) is 4.16. The lowest BCUT2D eigenvalue weighted by atomic mass is 10.1. The fraction of sp³-hybridized carbons (Fsp3) is 0.867.